The molecule has 0 unspecified atom stereocenters. The van der Waals surface area contributed by atoms with Crippen molar-refractivity contribution in [1.29, 1.82) is 0 Å². The van der Waals surface area contributed by atoms with Crippen molar-refractivity contribution in [3.8, 4) is 0 Å². The molecular formula is C11H12ClNOZn. The molecule has 1 aromatic rings. The van der Waals surface area contributed by atoms with Gasteiger partial charge >= 0.3 is 27.0 Å². The molecule has 0 aromatic heterocycles. The third-order valence-corrected chi connectivity index (χ3v) is 1.91. The molecule has 1 aromatic carbocycles. The number of hydrogen-bond acceptors (Lipinski definition) is 2. The van der Waals surface area contributed by atoms with Gasteiger partial charge in [-0.1, -0.05) is 5.56 Å². The molecule has 1 aliphatic heterocycles. The van der Waals surface area contributed by atoms with Crippen molar-refractivity contribution in [3.63, 3.8) is 0 Å². The first kappa shape index (κ1) is 12.7. The molecule has 0 radical (unpaired) electrons. The van der Waals surface area contributed by atoms with Crippen LogP contribution in [-0.2, 0) is 22.0 Å². The minimum absolute atomic E-state index is 0.0843. The van der Waals surface area contributed by atoms with E-state index in [0.29, 0.717) is 12.5 Å². The van der Waals surface area contributed by atoms with Gasteiger partial charge in [0.05, 0.1) is 5.54 Å². The van der Waals surface area contributed by atoms with Gasteiger partial charge in [-0.05, 0) is 13.8 Å². The summed E-state index contributed by atoms with van der Waals surface area (Å²) in [5, 5.41) is 0. The van der Waals surface area contributed by atoms with E-state index in [-0.39, 0.29) is 5.54 Å². The average Bonchev–Trinajstić information content (AvgIpc) is 2.63. The van der Waals surface area contributed by atoms with Crippen LogP contribution in [0, 0.1) is 6.07 Å². The van der Waals surface area contributed by atoms with Gasteiger partial charge in [0, 0.05) is 0 Å². The van der Waals surface area contributed by atoms with E-state index < -0.39 is 0 Å². The quantitative estimate of drug-likeness (QED) is 0.571. The number of nitrogens with zero attached hydrogens (tertiary/aromatic N) is 1. The zero-order valence-electron chi connectivity index (χ0n) is 8.96. The van der Waals surface area contributed by atoms with E-state index >= 15 is 0 Å². The van der Waals surface area contributed by atoms with Gasteiger partial charge in [0.2, 0.25) is 0 Å². The molecule has 0 N–H and O–H groups in total. The van der Waals surface area contributed by atoms with Crippen LogP contribution in [0.3, 0.4) is 0 Å². The standard InChI is InChI=1S/C11H12NO.ClH.Zn/c1-11(2)8-13-10(12-11)9-6-4-3-5-7-9;;/h3-6H,8H2,1-2H3;1H;/q-1;;+2/p-1/i10+2;;. The molecule has 1 heterocycles. The maximum atomic E-state index is 5.47. The molecule has 4 heteroatoms. The van der Waals surface area contributed by atoms with Crippen molar-refractivity contribution < 1.29 is 22.0 Å². The Balaban J connectivity index is 0.000000531. The van der Waals surface area contributed by atoms with Crippen molar-refractivity contribution in [2.45, 2.75) is 19.4 Å². The summed E-state index contributed by atoms with van der Waals surface area (Å²) in [5.41, 5.74) is 0.854. The van der Waals surface area contributed by atoms with Crippen LogP contribution >= 0.6 is 9.69 Å². The summed E-state index contributed by atoms with van der Waals surface area (Å²) in [5.74, 6) is 0.714. The monoisotopic (exact) mass is 275 g/mol. The molecule has 0 spiro atoms. The summed E-state index contributed by atoms with van der Waals surface area (Å²) in [7, 11) is 4.76. The summed E-state index contributed by atoms with van der Waals surface area (Å²) in [6.07, 6.45) is 0. The van der Waals surface area contributed by atoms with Crippen molar-refractivity contribution in [1.82, 2.24) is 0 Å². The Kier molecular flexibility index (Phi) is 4.75. The van der Waals surface area contributed by atoms with Crippen LogP contribution in [0.1, 0.15) is 19.4 Å². The van der Waals surface area contributed by atoms with Gasteiger partial charge in [-0.25, -0.2) is 0 Å². The molecule has 15 heavy (non-hydrogen) atoms. The SMILES string of the molecule is CC1(C)CO[14C](c2[c-]cccc2)=N1.[Cl][Zn+]. The minimum atomic E-state index is -0.0843. The Morgan fingerprint density at radius 3 is 2.73 bits per heavy atom. The van der Waals surface area contributed by atoms with Gasteiger partial charge in [0.25, 0.3) is 0 Å². The number of ether oxygens (including phenoxy) is 1. The molecule has 0 amide bonds. The van der Waals surface area contributed by atoms with E-state index in [4.69, 9.17) is 14.4 Å². The number of hydrogen-bond donors (Lipinski definition) is 0. The van der Waals surface area contributed by atoms with Crippen LogP contribution in [0.4, 0.5) is 0 Å². The van der Waals surface area contributed by atoms with Crippen LogP contribution in [0.5, 0.6) is 0 Å². The second-order valence-corrected chi connectivity index (χ2v) is 3.79. The Morgan fingerprint density at radius 2 is 2.27 bits per heavy atom. The van der Waals surface area contributed by atoms with Gasteiger partial charge in [0.1, 0.15) is 12.5 Å². The summed E-state index contributed by atoms with van der Waals surface area (Å²) < 4.78 is 5.47. The normalized spacial score (nSPS) is 17.3. The summed E-state index contributed by atoms with van der Waals surface area (Å²) in [6, 6.07) is 10.8. The Labute approximate surface area is 104 Å². The van der Waals surface area contributed by atoms with Gasteiger partial charge in [-0.2, -0.15) is 0 Å². The second-order valence-electron chi connectivity index (χ2n) is 3.79. The topological polar surface area (TPSA) is 21.6 Å². The Bertz CT molecular complexity index is 338. The number of halogens is 1. The van der Waals surface area contributed by atoms with Gasteiger partial charge in [0.15, 0.2) is 0 Å². The fraction of sp³-hybridized carbons (Fsp3) is 0.364. The van der Waals surface area contributed by atoms with E-state index in [1.165, 1.54) is 0 Å². The van der Waals surface area contributed by atoms with Gasteiger partial charge in [-0.3, -0.25) is 4.99 Å². The first-order chi connectivity index (χ1) is 7.17. The van der Waals surface area contributed by atoms with E-state index in [2.05, 4.69) is 24.9 Å². The third kappa shape index (κ3) is 3.58. The van der Waals surface area contributed by atoms with Gasteiger partial charge in [-0.15, -0.1) is 30.3 Å². The zero-order chi connectivity index (χ0) is 11.3. The van der Waals surface area contributed by atoms with E-state index in [9.17, 15) is 0 Å². The molecule has 2 rings (SSSR count). The molecule has 76 valence electrons. The van der Waals surface area contributed by atoms with Crippen molar-refractivity contribution in [3.05, 3.63) is 35.9 Å². The van der Waals surface area contributed by atoms with Crippen LogP contribution in [0.25, 0.3) is 0 Å². The molecular weight excluding hydrogens is 265 g/mol. The third-order valence-electron chi connectivity index (χ3n) is 1.91. The fourth-order valence-corrected chi connectivity index (χ4v) is 1.25. The summed E-state index contributed by atoms with van der Waals surface area (Å²) in [4.78, 5) is 4.45. The predicted molar refractivity (Wildman–Crippen MR) is 57.7 cm³/mol. The van der Waals surface area contributed by atoms with Crippen molar-refractivity contribution in [2.75, 3.05) is 6.61 Å². The first-order valence-electron chi connectivity index (χ1n) is 4.64. The number of rotatable bonds is 1. The van der Waals surface area contributed by atoms with Crippen molar-refractivity contribution in [2.24, 2.45) is 4.99 Å². The van der Waals surface area contributed by atoms with E-state index in [0.717, 1.165) is 22.9 Å². The molecule has 2 nitrogen and oxygen atoms in total. The second kappa shape index (κ2) is 5.62. The molecule has 0 aliphatic carbocycles. The maximum absolute atomic E-state index is 5.47. The summed E-state index contributed by atoms with van der Waals surface area (Å²) in [6.45, 7) is 4.77. The van der Waals surface area contributed by atoms with Crippen LogP contribution < -0.4 is 0 Å². The predicted octanol–water partition coefficient (Wildman–Crippen LogP) is 2.73. The van der Waals surface area contributed by atoms with Crippen molar-refractivity contribution >= 4 is 15.6 Å². The van der Waals surface area contributed by atoms with Crippen LogP contribution in [0.2, 0.25) is 0 Å². The van der Waals surface area contributed by atoms with E-state index in [1.807, 2.05) is 24.3 Å². The van der Waals surface area contributed by atoms with Gasteiger partial charge < -0.3 is 4.74 Å². The Morgan fingerprint density at radius 1 is 1.53 bits per heavy atom. The molecule has 0 saturated heterocycles. The Hall–Kier alpha value is -0.397. The molecule has 1 aliphatic rings. The number of benzene rings is 1. The van der Waals surface area contributed by atoms with E-state index in [1.54, 1.807) is 0 Å². The zero-order valence-corrected chi connectivity index (χ0v) is 12.7. The first-order valence-corrected chi connectivity index (χ1v) is 8.54. The van der Waals surface area contributed by atoms with Crippen LogP contribution in [0.15, 0.2) is 29.3 Å². The molecule has 0 saturated carbocycles. The van der Waals surface area contributed by atoms with Crippen LogP contribution in [-0.4, -0.2) is 18.0 Å². The molecule has 0 bridgehead atoms. The number of aliphatic imine (C=N–C) groups is 1. The molecule has 0 fully saturated rings. The summed E-state index contributed by atoms with van der Waals surface area (Å²) >= 11 is 0.847. The molecule has 0 atom stereocenters. The average molecular weight is 277 g/mol. The fourth-order valence-electron chi connectivity index (χ4n) is 1.25.